The van der Waals surface area contributed by atoms with Gasteiger partial charge in [0.25, 0.3) is 0 Å². The summed E-state index contributed by atoms with van der Waals surface area (Å²) in [5.41, 5.74) is 0.796. The van der Waals surface area contributed by atoms with E-state index in [9.17, 15) is 14.7 Å². The molecule has 0 aromatic heterocycles. The molecule has 0 aliphatic carbocycles. The quantitative estimate of drug-likeness (QED) is 0.516. The number of aliphatic carboxylic acids is 1. The second kappa shape index (κ2) is 15.0. The Morgan fingerprint density at radius 3 is 2.16 bits per heavy atom. The number of nitrogens with one attached hydrogen (secondary N) is 1. The number of hydrogen-bond acceptors (Lipinski definition) is 4. The van der Waals surface area contributed by atoms with Gasteiger partial charge in [0, 0.05) is 32.2 Å². The number of carboxylic acid groups (broad SMARTS) is 1. The first kappa shape index (κ1) is 27.1. The van der Waals surface area contributed by atoms with E-state index in [4.69, 9.17) is 5.11 Å². The summed E-state index contributed by atoms with van der Waals surface area (Å²) in [6.07, 6.45) is 4.55. The molecular formula is C25H42N2O4. The van der Waals surface area contributed by atoms with Gasteiger partial charge in [-0.25, -0.2) is 0 Å². The molecule has 0 saturated carbocycles. The van der Waals surface area contributed by atoms with Gasteiger partial charge in [-0.15, -0.1) is 0 Å². The lowest BCUT2D eigenvalue weighted by atomic mass is 9.93. The number of aliphatic hydroxyl groups excluding tert-OH is 1. The van der Waals surface area contributed by atoms with Crippen molar-refractivity contribution in [2.45, 2.75) is 65.8 Å². The van der Waals surface area contributed by atoms with Crippen LogP contribution in [0, 0.1) is 17.8 Å². The van der Waals surface area contributed by atoms with Crippen molar-refractivity contribution in [3.8, 4) is 0 Å². The van der Waals surface area contributed by atoms with Crippen LogP contribution in [0.25, 0.3) is 0 Å². The molecule has 1 saturated heterocycles. The molecule has 1 heterocycles. The average Bonchev–Trinajstić information content (AvgIpc) is 2.75. The van der Waals surface area contributed by atoms with Gasteiger partial charge in [-0.2, -0.15) is 0 Å². The maximum Gasteiger partial charge on any atom is 0.325 e. The average molecular weight is 435 g/mol. The number of aliphatic hydroxyl groups is 1. The number of amides is 1. The van der Waals surface area contributed by atoms with E-state index in [1.54, 1.807) is 0 Å². The van der Waals surface area contributed by atoms with Gasteiger partial charge in [0.15, 0.2) is 0 Å². The minimum absolute atomic E-state index is 0.00127. The third-order valence-electron chi connectivity index (χ3n) is 5.95. The Kier molecular flexibility index (Phi) is 13.1. The van der Waals surface area contributed by atoms with Gasteiger partial charge in [-0.1, -0.05) is 64.4 Å². The Balaban J connectivity index is 0.000000592. The number of benzene rings is 1. The zero-order valence-corrected chi connectivity index (χ0v) is 19.7. The van der Waals surface area contributed by atoms with E-state index in [1.165, 1.54) is 6.42 Å². The summed E-state index contributed by atoms with van der Waals surface area (Å²) in [6, 6.07) is 8.68. The van der Waals surface area contributed by atoms with Crippen molar-refractivity contribution >= 4 is 11.9 Å². The van der Waals surface area contributed by atoms with E-state index in [-0.39, 0.29) is 11.8 Å². The van der Waals surface area contributed by atoms with E-state index >= 15 is 0 Å². The van der Waals surface area contributed by atoms with Crippen molar-refractivity contribution in [2.24, 2.45) is 17.8 Å². The highest BCUT2D eigenvalue weighted by Crippen LogP contribution is 2.27. The first-order valence-electron chi connectivity index (χ1n) is 11.7. The molecule has 2 atom stereocenters. The van der Waals surface area contributed by atoms with E-state index in [0.717, 1.165) is 24.9 Å². The second-order valence-corrected chi connectivity index (χ2v) is 8.96. The molecule has 3 N–H and O–H groups in total. The van der Waals surface area contributed by atoms with E-state index in [1.807, 2.05) is 35.2 Å². The predicted molar refractivity (Wildman–Crippen MR) is 125 cm³/mol. The van der Waals surface area contributed by atoms with Crippen molar-refractivity contribution < 1.29 is 19.8 Å². The maximum atomic E-state index is 12.2. The maximum absolute atomic E-state index is 12.2. The number of carbonyl (C=O) groups excluding carboxylic acids is 1. The Morgan fingerprint density at radius 2 is 1.71 bits per heavy atom. The van der Waals surface area contributed by atoms with E-state index < -0.39 is 12.0 Å². The number of rotatable bonds is 10. The fraction of sp³-hybridized carbons (Fsp3) is 0.680. The molecule has 1 aromatic rings. The molecule has 1 fully saturated rings. The zero-order valence-electron chi connectivity index (χ0n) is 19.7. The van der Waals surface area contributed by atoms with Gasteiger partial charge < -0.3 is 15.5 Å². The van der Waals surface area contributed by atoms with Crippen molar-refractivity contribution in [1.29, 1.82) is 0 Å². The molecule has 0 radical (unpaired) electrons. The van der Waals surface area contributed by atoms with Crippen LogP contribution in [0.15, 0.2) is 30.3 Å². The molecular weight excluding hydrogens is 392 g/mol. The molecule has 0 spiro atoms. The van der Waals surface area contributed by atoms with Crippen LogP contribution >= 0.6 is 0 Å². The first-order valence-corrected chi connectivity index (χ1v) is 11.7. The molecule has 176 valence electrons. The fourth-order valence-corrected chi connectivity index (χ4v) is 3.62. The molecule has 2 rings (SSSR count). The van der Waals surface area contributed by atoms with Crippen molar-refractivity contribution in [3.05, 3.63) is 35.9 Å². The highest BCUT2D eigenvalue weighted by Gasteiger charge is 2.32. The first-order chi connectivity index (χ1) is 14.8. The molecule has 1 amide bonds. The minimum atomic E-state index is -0.832. The lowest BCUT2D eigenvalue weighted by Gasteiger charge is -2.35. The van der Waals surface area contributed by atoms with Crippen LogP contribution < -0.4 is 5.32 Å². The van der Waals surface area contributed by atoms with Crippen LogP contribution in [0.4, 0.5) is 0 Å². The predicted octanol–water partition coefficient (Wildman–Crippen LogP) is 4.10. The number of carbonyl (C=O) groups is 2. The van der Waals surface area contributed by atoms with Crippen LogP contribution in [-0.2, 0) is 9.59 Å². The van der Waals surface area contributed by atoms with Crippen LogP contribution in [0.2, 0.25) is 0 Å². The molecule has 2 unspecified atom stereocenters. The summed E-state index contributed by atoms with van der Waals surface area (Å²) in [6.45, 7) is 10.9. The summed E-state index contributed by atoms with van der Waals surface area (Å²) >= 11 is 0. The van der Waals surface area contributed by atoms with Gasteiger partial charge in [-0.3, -0.25) is 14.5 Å². The Bertz CT molecular complexity index is 628. The van der Waals surface area contributed by atoms with Crippen LogP contribution in [-0.4, -0.2) is 53.2 Å². The topological polar surface area (TPSA) is 89.9 Å². The molecule has 1 aromatic carbocycles. The number of likely N-dealkylation sites (tertiary alicyclic amines) is 1. The monoisotopic (exact) mass is 434 g/mol. The van der Waals surface area contributed by atoms with Crippen molar-refractivity contribution in [3.63, 3.8) is 0 Å². The zero-order chi connectivity index (χ0) is 23.2. The minimum Gasteiger partial charge on any atom is -0.480 e. The summed E-state index contributed by atoms with van der Waals surface area (Å²) in [4.78, 5) is 25.9. The lowest BCUT2D eigenvalue weighted by molar-refractivity contribution is -0.144. The lowest BCUT2D eigenvalue weighted by Crippen LogP contribution is -2.44. The number of piperidine rings is 1. The molecule has 6 heteroatoms. The van der Waals surface area contributed by atoms with E-state index in [0.29, 0.717) is 44.4 Å². The normalized spacial score (nSPS) is 16.8. The van der Waals surface area contributed by atoms with Crippen molar-refractivity contribution in [1.82, 2.24) is 10.2 Å². The summed E-state index contributed by atoms with van der Waals surface area (Å²) in [5, 5.41) is 21.0. The standard InChI is InChI=1S/C19H28N2O3.C6H14O/c1-14(2)8-11-20-18(22)16-9-12-21(13-10-16)17(19(23)24)15-6-4-3-5-7-15;1-3-6(2)4-5-7/h3-7,14,16-17H,8-13H2,1-2H3,(H,20,22)(H,23,24);6-7H,3-5H2,1-2H3. The smallest absolute Gasteiger partial charge is 0.325 e. The number of nitrogens with zero attached hydrogens (tertiary/aromatic N) is 1. The molecule has 31 heavy (non-hydrogen) atoms. The van der Waals surface area contributed by atoms with Crippen LogP contribution in [0.1, 0.15) is 71.4 Å². The van der Waals surface area contributed by atoms with Gasteiger partial charge in [-0.05, 0) is 43.1 Å². The largest absolute Gasteiger partial charge is 0.480 e. The van der Waals surface area contributed by atoms with Gasteiger partial charge >= 0.3 is 5.97 Å². The van der Waals surface area contributed by atoms with Crippen LogP contribution in [0.3, 0.4) is 0 Å². The Labute approximate surface area is 188 Å². The van der Waals surface area contributed by atoms with Gasteiger partial charge in [0.05, 0.1) is 0 Å². The van der Waals surface area contributed by atoms with Gasteiger partial charge in [0.2, 0.25) is 5.91 Å². The molecule has 1 aliphatic rings. The SMILES string of the molecule is CC(C)CCNC(=O)C1CCN(C(C(=O)O)c2ccccc2)CC1.CCC(C)CCO. The highest BCUT2D eigenvalue weighted by atomic mass is 16.4. The third kappa shape index (κ3) is 10.3. The van der Waals surface area contributed by atoms with Crippen molar-refractivity contribution in [2.75, 3.05) is 26.2 Å². The molecule has 6 nitrogen and oxygen atoms in total. The second-order valence-electron chi connectivity index (χ2n) is 8.96. The molecule has 1 aliphatic heterocycles. The molecule has 0 bridgehead atoms. The summed E-state index contributed by atoms with van der Waals surface area (Å²) in [5.74, 6) is 0.556. The van der Waals surface area contributed by atoms with E-state index in [2.05, 4.69) is 33.0 Å². The Morgan fingerprint density at radius 1 is 1.10 bits per heavy atom. The highest BCUT2D eigenvalue weighted by molar-refractivity contribution is 5.79. The summed E-state index contributed by atoms with van der Waals surface area (Å²) < 4.78 is 0. The summed E-state index contributed by atoms with van der Waals surface area (Å²) in [7, 11) is 0. The third-order valence-corrected chi connectivity index (χ3v) is 5.95. The fourth-order valence-electron chi connectivity index (χ4n) is 3.62. The van der Waals surface area contributed by atoms with Gasteiger partial charge in [0.1, 0.15) is 6.04 Å². The number of hydrogen-bond donors (Lipinski definition) is 3. The Hall–Kier alpha value is -1.92. The van der Waals surface area contributed by atoms with Crippen LogP contribution in [0.5, 0.6) is 0 Å². The number of carboxylic acids is 1.